The van der Waals surface area contributed by atoms with Crippen LogP contribution in [0.4, 0.5) is 0 Å². The van der Waals surface area contributed by atoms with Gasteiger partial charge in [-0.2, -0.15) is 5.10 Å². The molecule has 160 valence electrons. The lowest BCUT2D eigenvalue weighted by atomic mass is 10.1. The molecule has 3 rings (SSSR count). The van der Waals surface area contributed by atoms with E-state index >= 15 is 0 Å². The average molecular weight is 457 g/mol. The smallest absolute Gasteiger partial charge is 0.329 e. The number of amides is 2. The van der Waals surface area contributed by atoms with Gasteiger partial charge in [-0.1, -0.05) is 53.5 Å². The first-order valence-electron chi connectivity index (χ1n) is 9.61. The van der Waals surface area contributed by atoms with Gasteiger partial charge in [0.2, 0.25) is 0 Å². The van der Waals surface area contributed by atoms with Crippen LogP contribution >= 0.6 is 23.2 Å². The molecule has 1 aromatic heterocycles. The molecule has 1 heterocycles. The number of carbonyl (C=O) groups excluding carboxylic acids is 2. The Labute approximate surface area is 190 Å². The van der Waals surface area contributed by atoms with E-state index in [9.17, 15) is 9.59 Å². The van der Waals surface area contributed by atoms with Crippen molar-refractivity contribution in [2.24, 2.45) is 5.10 Å². The molecule has 0 saturated heterocycles. The molecule has 0 saturated carbocycles. The SMILES string of the molecule is Cc1cc(/C=N\NC(=O)C(=O)N[C@H](C)c2ccccc2)c(C)n1-c1cc(Cl)ccc1Cl. The van der Waals surface area contributed by atoms with Gasteiger partial charge in [-0.15, -0.1) is 0 Å². The number of carbonyl (C=O) groups is 2. The summed E-state index contributed by atoms with van der Waals surface area (Å²) in [6, 6.07) is 16.2. The quantitative estimate of drug-likeness (QED) is 0.330. The molecule has 0 aliphatic heterocycles. The molecular formula is C23H22Cl2N4O2. The third kappa shape index (κ3) is 5.34. The fraction of sp³-hybridized carbons (Fsp3) is 0.174. The first-order chi connectivity index (χ1) is 14.8. The molecular weight excluding hydrogens is 435 g/mol. The van der Waals surface area contributed by atoms with Crippen molar-refractivity contribution in [1.29, 1.82) is 0 Å². The lowest BCUT2D eigenvalue weighted by Crippen LogP contribution is -2.39. The van der Waals surface area contributed by atoms with Crippen LogP contribution in [0.25, 0.3) is 5.69 Å². The number of hydrazone groups is 1. The number of nitrogens with one attached hydrogen (secondary N) is 2. The largest absolute Gasteiger partial charge is 0.341 e. The van der Waals surface area contributed by atoms with E-state index in [1.807, 2.05) is 54.8 Å². The molecule has 2 aromatic carbocycles. The van der Waals surface area contributed by atoms with Gasteiger partial charge in [-0.05, 0) is 50.6 Å². The molecule has 2 amide bonds. The van der Waals surface area contributed by atoms with Crippen molar-refractivity contribution in [2.75, 3.05) is 0 Å². The second kappa shape index (κ2) is 9.81. The highest BCUT2D eigenvalue weighted by molar-refractivity contribution is 6.35. The number of rotatable bonds is 5. The number of nitrogens with zero attached hydrogens (tertiary/aromatic N) is 2. The lowest BCUT2D eigenvalue weighted by molar-refractivity contribution is -0.139. The van der Waals surface area contributed by atoms with Crippen LogP contribution in [0.5, 0.6) is 0 Å². The first kappa shape index (κ1) is 22.6. The van der Waals surface area contributed by atoms with Gasteiger partial charge in [0.1, 0.15) is 0 Å². The summed E-state index contributed by atoms with van der Waals surface area (Å²) in [4.78, 5) is 24.2. The van der Waals surface area contributed by atoms with Crippen LogP contribution in [-0.4, -0.2) is 22.6 Å². The number of aromatic nitrogens is 1. The summed E-state index contributed by atoms with van der Waals surface area (Å²) in [5.41, 5.74) is 6.47. The van der Waals surface area contributed by atoms with Crippen LogP contribution in [0, 0.1) is 13.8 Å². The van der Waals surface area contributed by atoms with Gasteiger partial charge in [0.25, 0.3) is 0 Å². The van der Waals surface area contributed by atoms with Crippen molar-refractivity contribution in [3.63, 3.8) is 0 Å². The predicted octanol–water partition coefficient (Wildman–Crippen LogP) is 4.73. The Kier molecular flexibility index (Phi) is 7.15. The van der Waals surface area contributed by atoms with Gasteiger partial charge >= 0.3 is 11.8 Å². The van der Waals surface area contributed by atoms with E-state index in [2.05, 4.69) is 15.8 Å². The topological polar surface area (TPSA) is 75.5 Å². The fourth-order valence-electron chi connectivity index (χ4n) is 3.24. The number of hydrogen-bond donors (Lipinski definition) is 2. The van der Waals surface area contributed by atoms with Gasteiger partial charge in [-0.3, -0.25) is 9.59 Å². The third-order valence-electron chi connectivity index (χ3n) is 4.84. The normalized spacial score (nSPS) is 12.0. The van der Waals surface area contributed by atoms with E-state index in [-0.39, 0.29) is 6.04 Å². The summed E-state index contributed by atoms with van der Waals surface area (Å²) in [5.74, 6) is -1.60. The molecule has 8 heteroatoms. The fourth-order valence-corrected chi connectivity index (χ4v) is 3.61. The van der Waals surface area contributed by atoms with Crippen molar-refractivity contribution in [3.05, 3.63) is 87.2 Å². The van der Waals surface area contributed by atoms with E-state index in [1.165, 1.54) is 6.21 Å². The number of halogens is 2. The summed E-state index contributed by atoms with van der Waals surface area (Å²) in [6.45, 7) is 5.64. The zero-order valence-electron chi connectivity index (χ0n) is 17.3. The Bertz CT molecular complexity index is 1140. The van der Waals surface area contributed by atoms with Gasteiger partial charge in [0, 0.05) is 22.0 Å². The minimum Gasteiger partial charge on any atom is -0.341 e. The molecule has 2 N–H and O–H groups in total. The summed E-state index contributed by atoms with van der Waals surface area (Å²) in [6.07, 6.45) is 1.49. The highest BCUT2D eigenvalue weighted by atomic mass is 35.5. The second-order valence-corrected chi connectivity index (χ2v) is 7.91. The van der Waals surface area contributed by atoms with Gasteiger partial charge in [0.05, 0.1) is 23.0 Å². The Morgan fingerprint density at radius 2 is 1.74 bits per heavy atom. The second-order valence-electron chi connectivity index (χ2n) is 7.06. The van der Waals surface area contributed by atoms with Crippen LogP contribution in [0.3, 0.4) is 0 Å². The molecule has 0 aliphatic rings. The first-order valence-corrected chi connectivity index (χ1v) is 10.4. The molecule has 31 heavy (non-hydrogen) atoms. The van der Waals surface area contributed by atoms with Crippen LogP contribution < -0.4 is 10.7 Å². The highest BCUT2D eigenvalue weighted by Crippen LogP contribution is 2.28. The van der Waals surface area contributed by atoms with Crippen molar-refractivity contribution in [2.45, 2.75) is 26.8 Å². The monoisotopic (exact) mass is 456 g/mol. The molecule has 3 aromatic rings. The van der Waals surface area contributed by atoms with E-state index < -0.39 is 11.8 Å². The lowest BCUT2D eigenvalue weighted by Gasteiger charge is -2.13. The standard InChI is InChI=1S/C23H22Cl2N4O2/c1-14-11-18(16(3)29(14)21-12-19(24)9-10-20(21)25)13-26-28-23(31)22(30)27-15(2)17-7-5-4-6-8-17/h4-13,15H,1-3H3,(H,27,30)(H,28,31)/b26-13-/t15-/m1/s1. The zero-order valence-corrected chi connectivity index (χ0v) is 18.8. The molecule has 1 atom stereocenters. The van der Waals surface area contributed by atoms with E-state index in [1.54, 1.807) is 25.1 Å². The zero-order chi connectivity index (χ0) is 22.5. The summed E-state index contributed by atoms with van der Waals surface area (Å²) >= 11 is 12.5. The Morgan fingerprint density at radius 1 is 1.03 bits per heavy atom. The summed E-state index contributed by atoms with van der Waals surface area (Å²) in [5, 5.41) is 7.72. The highest BCUT2D eigenvalue weighted by Gasteiger charge is 2.17. The van der Waals surface area contributed by atoms with Crippen LogP contribution in [-0.2, 0) is 9.59 Å². The molecule has 0 fully saturated rings. The van der Waals surface area contributed by atoms with E-state index in [0.717, 1.165) is 28.2 Å². The minimum absolute atomic E-state index is 0.301. The molecule has 0 aliphatic carbocycles. The molecule has 0 spiro atoms. The van der Waals surface area contributed by atoms with Crippen molar-refractivity contribution in [3.8, 4) is 5.69 Å². The van der Waals surface area contributed by atoms with Gasteiger partial charge in [-0.25, -0.2) is 5.43 Å². The van der Waals surface area contributed by atoms with Crippen molar-refractivity contribution < 1.29 is 9.59 Å². The number of hydrogen-bond acceptors (Lipinski definition) is 3. The Morgan fingerprint density at radius 3 is 2.45 bits per heavy atom. The Hall–Kier alpha value is -3.09. The number of aryl methyl sites for hydroxylation is 1. The third-order valence-corrected chi connectivity index (χ3v) is 5.40. The van der Waals surface area contributed by atoms with Crippen molar-refractivity contribution in [1.82, 2.24) is 15.3 Å². The van der Waals surface area contributed by atoms with E-state index in [4.69, 9.17) is 23.2 Å². The molecule has 0 bridgehead atoms. The average Bonchev–Trinajstić information content (AvgIpc) is 3.03. The summed E-state index contributed by atoms with van der Waals surface area (Å²) < 4.78 is 1.95. The van der Waals surface area contributed by atoms with Crippen LogP contribution in [0.2, 0.25) is 10.0 Å². The van der Waals surface area contributed by atoms with Gasteiger partial charge in [0.15, 0.2) is 0 Å². The molecule has 0 radical (unpaired) electrons. The van der Waals surface area contributed by atoms with Gasteiger partial charge < -0.3 is 9.88 Å². The van der Waals surface area contributed by atoms with E-state index in [0.29, 0.717) is 10.0 Å². The maximum Gasteiger partial charge on any atom is 0.329 e. The maximum absolute atomic E-state index is 12.1. The molecule has 0 unspecified atom stereocenters. The van der Waals surface area contributed by atoms with Crippen molar-refractivity contribution >= 4 is 41.2 Å². The Balaban J connectivity index is 1.68. The summed E-state index contributed by atoms with van der Waals surface area (Å²) in [7, 11) is 0. The maximum atomic E-state index is 12.1. The number of benzene rings is 2. The van der Waals surface area contributed by atoms with Crippen LogP contribution in [0.15, 0.2) is 59.7 Å². The molecule has 6 nitrogen and oxygen atoms in total. The minimum atomic E-state index is -0.842. The predicted molar refractivity (Wildman–Crippen MR) is 124 cm³/mol. The van der Waals surface area contributed by atoms with Crippen LogP contribution in [0.1, 0.15) is 35.5 Å².